The third-order valence-corrected chi connectivity index (χ3v) is 16.0. The van der Waals surface area contributed by atoms with E-state index in [1.165, 1.54) is 18.6 Å². The average molecular weight is 669 g/mol. The predicted octanol–water partition coefficient (Wildman–Crippen LogP) is 8.93. The summed E-state index contributed by atoms with van der Waals surface area (Å²) in [6, 6.07) is 5.12. The number of halogens is 3. The molecular formula is C37H47F3N2O4Si-. The Kier molecular flexibility index (Phi) is 9.29. The highest BCUT2D eigenvalue weighted by molar-refractivity contribution is 6.74. The van der Waals surface area contributed by atoms with E-state index in [-0.39, 0.29) is 28.0 Å². The van der Waals surface area contributed by atoms with E-state index in [9.17, 15) is 23.5 Å². The van der Waals surface area contributed by atoms with Crippen molar-refractivity contribution in [2.45, 2.75) is 115 Å². The Bertz CT molecular complexity index is 1580. The highest BCUT2D eigenvalue weighted by Gasteiger charge is 2.47. The molecule has 1 saturated carbocycles. The lowest BCUT2D eigenvalue weighted by molar-refractivity contribution is -0.137. The van der Waals surface area contributed by atoms with Crippen LogP contribution in [0.1, 0.15) is 129 Å². The molecule has 255 valence electrons. The van der Waals surface area contributed by atoms with Gasteiger partial charge in [0.15, 0.2) is 0 Å². The highest BCUT2D eigenvalue weighted by atomic mass is 28.4. The first kappa shape index (κ1) is 34.3. The standard InChI is InChI=1S/C37H47F3N2O4Si/c1-35(2,3)47(4,5)46-29-21-36(13-6-14-36)20-28-31(29)30(23-9-15-44-16-10-23)32(33(42-28)24-11-17-45-18-12-24)34(43)25-7-8-27(37(38,39)40)26(19-25)22-41/h7-9,19,24,29,34,43H,6,10-18,20-21H2,1-5H3/q-1/t29-,34+/m0/s1. The fraction of sp³-hybridized carbons (Fsp3) is 0.622. The molecule has 3 heterocycles. The first-order chi connectivity index (χ1) is 22.1. The molecule has 6 rings (SSSR count). The summed E-state index contributed by atoms with van der Waals surface area (Å²) in [5.74, 6) is 0.0156. The Morgan fingerprint density at radius 2 is 1.83 bits per heavy atom. The Morgan fingerprint density at radius 3 is 2.40 bits per heavy atom. The number of alkyl halides is 3. The molecule has 1 spiro atoms. The van der Waals surface area contributed by atoms with Crippen LogP contribution < -0.4 is 0 Å². The van der Waals surface area contributed by atoms with Crippen LogP contribution in [0.2, 0.25) is 18.1 Å². The Hall–Kier alpha value is -2.55. The smallest absolute Gasteiger partial charge is 0.417 e. The van der Waals surface area contributed by atoms with Gasteiger partial charge in [0.25, 0.3) is 0 Å². The van der Waals surface area contributed by atoms with E-state index in [0.717, 1.165) is 72.7 Å². The summed E-state index contributed by atoms with van der Waals surface area (Å²) < 4.78 is 60.2. The van der Waals surface area contributed by atoms with Gasteiger partial charge in [-0.1, -0.05) is 39.3 Å². The molecule has 2 aromatic rings. The van der Waals surface area contributed by atoms with Crippen LogP contribution in [-0.2, 0) is 26.5 Å². The normalized spacial score (nSPS) is 22.6. The number of nitriles is 1. The van der Waals surface area contributed by atoms with Gasteiger partial charge in [0, 0.05) is 42.1 Å². The summed E-state index contributed by atoms with van der Waals surface area (Å²) in [6.07, 6.45) is 3.18. The first-order valence-electron chi connectivity index (χ1n) is 17.0. The third kappa shape index (κ3) is 6.59. The molecule has 1 aromatic carbocycles. The van der Waals surface area contributed by atoms with Gasteiger partial charge >= 0.3 is 6.18 Å². The largest absolute Gasteiger partial charge is 0.559 e. The molecule has 6 nitrogen and oxygen atoms in total. The quantitative estimate of drug-likeness (QED) is 0.310. The van der Waals surface area contributed by atoms with Crippen LogP contribution in [0.3, 0.4) is 0 Å². The van der Waals surface area contributed by atoms with Crippen molar-refractivity contribution in [3.05, 3.63) is 69.0 Å². The van der Waals surface area contributed by atoms with Crippen molar-refractivity contribution in [1.82, 2.24) is 4.98 Å². The van der Waals surface area contributed by atoms with Crippen LogP contribution in [0.5, 0.6) is 0 Å². The minimum absolute atomic E-state index is 0.0156. The van der Waals surface area contributed by atoms with E-state index in [0.29, 0.717) is 38.4 Å². The van der Waals surface area contributed by atoms with Crippen LogP contribution in [0.4, 0.5) is 13.2 Å². The van der Waals surface area contributed by atoms with Crippen molar-refractivity contribution in [3.63, 3.8) is 0 Å². The minimum atomic E-state index is -4.68. The van der Waals surface area contributed by atoms with Crippen molar-refractivity contribution in [2.75, 3.05) is 26.4 Å². The molecule has 0 bridgehead atoms. The van der Waals surface area contributed by atoms with Gasteiger partial charge in [0.1, 0.15) is 6.10 Å². The molecule has 1 saturated heterocycles. The van der Waals surface area contributed by atoms with Crippen LogP contribution in [0.15, 0.2) is 24.3 Å². The van der Waals surface area contributed by atoms with Crippen molar-refractivity contribution in [2.24, 2.45) is 5.41 Å². The Balaban J connectivity index is 1.62. The SMILES string of the molecule is CC(C)(C)[Si-](C)(C)O[C@H]1CC2(CCC2)Cc2nc(C3CCOCC3)c([C@H](O)c3ccc(C(F)(F)F)c(C#N)c3)c(C3=CCOCC3)c21. The summed E-state index contributed by atoms with van der Waals surface area (Å²) in [6.45, 7) is 13.4. The number of aliphatic hydroxyl groups excluding tert-OH is 1. The van der Waals surface area contributed by atoms with E-state index < -0.39 is 31.7 Å². The minimum Gasteiger partial charge on any atom is -0.559 e. The number of aromatic nitrogens is 1. The van der Waals surface area contributed by atoms with Crippen molar-refractivity contribution in [1.29, 1.82) is 5.26 Å². The number of fused-ring (bicyclic) bond motifs is 1. The Labute approximate surface area is 277 Å². The van der Waals surface area contributed by atoms with Crippen molar-refractivity contribution < 1.29 is 32.2 Å². The van der Waals surface area contributed by atoms with Gasteiger partial charge in [-0.2, -0.15) is 18.4 Å². The molecule has 47 heavy (non-hydrogen) atoms. The molecule has 2 fully saturated rings. The van der Waals surface area contributed by atoms with Crippen molar-refractivity contribution in [3.8, 4) is 6.07 Å². The van der Waals surface area contributed by atoms with Crippen LogP contribution in [-0.4, -0.2) is 44.8 Å². The maximum Gasteiger partial charge on any atom is 0.417 e. The van der Waals surface area contributed by atoms with E-state index in [2.05, 4.69) is 39.9 Å². The summed E-state index contributed by atoms with van der Waals surface area (Å²) in [5.41, 5.74) is 4.31. The number of benzene rings is 1. The first-order valence-corrected chi connectivity index (χ1v) is 19.9. The lowest BCUT2D eigenvalue weighted by atomic mass is 9.59. The number of hydrogen-bond acceptors (Lipinski definition) is 6. The van der Waals surface area contributed by atoms with Gasteiger partial charge in [-0.25, -0.2) is 0 Å². The second-order valence-electron chi connectivity index (χ2n) is 15.5. The summed E-state index contributed by atoms with van der Waals surface area (Å²) in [5, 5.41) is 22.1. The topological polar surface area (TPSA) is 84.6 Å². The molecule has 1 aromatic heterocycles. The summed E-state index contributed by atoms with van der Waals surface area (Å²) >= 11 is 0. The maximum absolute atomic E-state index is 13.8. The zero-order chi connectivity index (χ0) is 33.8. The van der Waals surface area contributed by atoms with Gasteiger partial charge in [-0.15, -0.1) is 18.1 Å². The predicted molar refractivity (Wildman–Crippen MR) is 176 cm³/mol. The van der Waals surface area contributed by atoms with Gasteiger partial charge in [-0.3, -0.25) is 4.98 Å². The second-order valence-corrected chi connectivity index (χ2v) is 20.3. The van der Waals surface area contributed by atoms with Crippen molar-refractivity contribution >= 4 is 13.9 Å². The molecule has 0 unspecified atom stereocenters. The number of nitrogens with zero attached hydrogens (tertiary/aromatic N) is 2. The van der Waals surface area contributed by atoms with Crippen LogP contribution >= 0.6 is 0 Å². The lowest BCUT2D eigenvalue weighted by Gasteiger charge is -2.56. The van der Waals surface area contributed by atoms with Crippen LogP contribution in [0.25, 0.3) is 5.57 Å². The number of pyridine rings is 1. The van der Waals surface area contributed by atoms with Gasteiger partial charge in [0.05, 0.1) is 36.1 Å². The number of ether oxygens (including phenoxy) is 2. The number of hydrogen-bond donors (Lipinski definition) is 1. The summed E-state index contributed by atoms with van der Waals surface area (Å²) in [4.78, 5) is 5.47. The second kappa shape index (κ2) is 12.7. The molecule has 1 N–H and O–H groups in total. The summed E-state index contributed by atoms with van der Waals surface area (Å²) in [7, 11) is -2.27. The molecule has 2 aliphatic heterocycles. The maximum atomic E-state index is 13.8. The monoisotopic (exact) mass is 668 g/mol. The van der Waals surface area contributed by atoms with Gasteiger partial charge < -0.3 is 19.0 Å². The van der Waals surface area contributed by atoms with Gasteiger partial charge in [-0.05, 0) is 87.5 Å². The number of rotatable bonds is 6. The molecule has 0 radical (unpaired) electrons. The average Bonchev–Trinajstić information content (AvgIpc) is 3.02. The molecule has 2 atom stereocenters. The van der Waals surface area contributed by atoms with E-state index in [1.54, 1.807) is 6.07 Å². The molecule has 2 aliphatic carbocycles. The van der Waals surface area contributed by atoms with Gasteiger partial charge in [0.2, 0.25) is 0 Å². The van der Waals surface area contributed by atoms with Crippen LogP contribution in [0, 0.1) is 16.7 Å². The zero-order valence-electron chi connectivity index (χ0n) is 28.2. The van der Waals surface area contributed by atoms with E-state index in [1.807, 2.05) is 0 Å². The molecule has 0 amide bonds. The fourth-order valence-corrected chi connectivity index (χ4v) is 8.94. The molecular weight excluding hydrogens is 621 g/mol. The number of aliphatic hydroxyl groups is 1. The zero-order valence-corrected chi connectivity index (χ0v) is 29.2. The molecule has 4 aliphatic rings. The van der Waals surface area contributed by atoms with E-state index in [4.69, 9.17) is 18.9 Å². The van der Waals surface area contributed by atoms with E-state index >= 15 is 0 Å². The lowest BCUT2D eigenvalue weighted by Crippen LogP contribution is -2.46. The third-order valence-electron chi connectivity index (χ3n) is 11.5. The molecule has 10 heteroatoms. The fourth-order valence-electron chi connectivity index (χ4n) is 7.68. The Morgan fingerprint density at radius 1 is 1.11 bits per heavy atom. The highest BCUT2D eigenvalue weighted by Crippen LogP contribution is 2.58.